The Bertz CT molecular complexity index is 355. The number of thiazole rings is 1. The van der Waals surface area contributed by atoms with Gasteiger partial charge >= 0.3 is 0 Å². The number of hydrogen-bond donors (Lipinski definition) is 1. The zero-order valence-corrected chi connectivity index (χ0v) is 10.7. The standard InChI is InChI=1S/C11H19N3OS/c1-11(15-2)4-3-5-14(8-11)7-9-6-13-10(12)16-9/h6H,3-5,7-8H2,1-2H3,(H2,12,13). The summed E-state index contributed by atoms with van der Waals surface area (Å²) in [6.07, 6.45) is 4.21. The Hall–Kier alpha value is -0.650. The molecular weight excluding hydrogens is 222 g/mol. The van der Waals surface area contributed by atoms with E-state index < -0.39 is 0 Å². The van der Waals surface area contributed by atoms with Crippen LogP contribution in [0.4, 0.5) is 5.13 Å². The van der Waals surface area contributed by atoms with Gasteiger partial charge in [-0.25, -0.2) is 4.98 Å². The van der Waals surface area contributed by atoms with Crippen LogP contribution < -0.4 is 5.73 Å². The Kier molecular flexibility index (Phi) is 3.47. The van der Waals surface area contributed by atoms with Crippen molar-refractivity contribution in [3.05, 3.63) is 11.1 Å². The minimum absolute atomic E-state index is 0.00842. The monoisotopic (exact) mass is 241 g/mol. The van der Waals surface area contributed by atoms with Crippen LogP contribution in [0.1, 0.15) is 24.6 Å². The summed E-state index contributed by atoms with van der Waals surface area (Å²) in [6.45, 7) is 5.24. The van der Waals surface area contributed by atoms with Crippen molar-refractivity contribution in [1.82, 2.24) is 9.88 Å². The molecule has 1 aromatic rings. The maximum atomic E-state index is 5.63. The lowest BCUT2D eigenvalue weighted by Gasteiger charge is -2.39. The lowest BCUT2D eigenvalue weighted by molar-refractivity contribution is -0.0525. The highest BCUT2D eigenvalue weighted by Crippen LogP contribution is 2.26. The molecule has 1 atom stereocenters. The van der Waals surface area contributed by atoms with E-state index >= 15 is 0 Å². The van der Waals surface area contributed by atoms with Crippen LogP contribution in [0.25, 0.3) is 0 Å². The smallest absolute Gasteiger partial charge is 0.180 e. The number of likely N-dealkylation sites (tertiary alicyclic amines) is 1. The molecule has 1 aliphatic heterocycles. The summed E-state index contributed by atoms with van der Waals surface area (Å²) in [4.78, 5) is 7.73. The molecule has 0 spiro atoms. The van der Waals surface area contributed by atoms with Crippen molar-refractivity contribution in [3.8, 4) is 0 Å². The van der Waals surface area contributed by atoms with Gasteiger partial charge in [0.25, 0.3) is 0 Å². The minimum Gasteiger partial charge on any atom is -0.377 e. The van der Waals surface area contributed by atoms with Crippen molar-refractivity contribution >= 4 is 16.5 Å². The molecule has 16 heavy (non-hydrogen) atoms. The van der Waals surface area contributed by atoms with E-state index in [-0.39, 0.29) is 5.60 Å². The fourth-order valence-corrected chi connectivity index (χ4v) is 2.95. The van der Waals surface area contributed by atoms with E-state index in [0.29, 0.717) is 5.13 Å². The molecule has 0 aromatic carbocycles. The van der Waals surface area contributed by atoms with E-state index in [4.69, 9.17) is 10.5 Å². The molecule has 0 radical (unpaired) electrons. The summed E-state index contributed by atoms with van der Waals surface area (Å²) in [5.41, 5.74) is 5.64. The molecule has 1 aromatic heterocycles. The summed E-state index contributed by atoms with van der Waals surface area (Å²) in [6, 6.07) is 0. The summed E-state index contributed by atoms with van der Waals surface area (Å²) >= 11 is 1.57. The Morgan fingerprint density at radius 3 is 3.12 bits per heavy atom. The van der Waals surface area contributed by atoms with Crippen LogP contribution in [0.3, 0.4) is 0 Å². The van der Waals surface area contributed by atoms with Gasteiger partial charge in [-0.15, -0.1) is 11.3 Å². The quantitative estimate of drug-likeness (QED) is 0.875. The third-order valence-corrected chi connectivity index (χ3v) is 3.99. The van der Waals surface area contributed by atoms with Crippen LogP contribution in [0.15, 0.2) is 6.20 Å². The highest BCUT2D eigenvalue weighted by atomic mass is 32.1. The van der Waals surface area contributed by atoms with Crippen molar-refractivity contribution in [3.63, 3.8) is 0 Å². The molecule has 1 aliphatic rings. The first-order valence-electron chi connectivity index (χ1n) is 5.59. The molecular formula is C11H19N3OS. The van der Waals surface area contributed by atoms with E-state index in [1.807, 2.05) is 6.20 Å². The van der Waals surface area contributed by atoms with Gasteiger partial charge < -0.3 is 10.5 Å². The lowest BCUT2D eigenvalue weighted by atomic mass is 9.95. The molecule has 4 nitrogen and oxygen atoms in total. The summed E-state index contributed by atoms with van der Waals surface area (Å²) < 4.78 is 5.57. The fraction of sp³-hybridized carbons (Fsp3) is 0.727. The first-order chi connectivity index (χ1) is 7.61. The van der Waals surface area contributed by atoms with E-state index in [9.17, 15) is 0 Å². The molecule has 5 heteroatoms. The lowest BCUT2D eigenvalue weighted by Crippen LogP contribution is -2.46. The molecule has 2 rings (SSSR count). The second-order valence-corrected chi connectivity index (χ2v) is 5.78. The third kappa shape index (κ3) is 2.72. The van der Waals surface area contributed by atoms with Crippen LogP contribution in [-0.2, 0) is 11.3 Å². The Morgan fingerprint density at radius 2 is 2.50 bits per heavy atom. The summed E-state index contributed by atoms with van der Waals surface area (Å²) in [7, 11) is 1.80. The summed E-state index contributed by atoms with van der Waals surface area (Å²) in [5.74, 6) is 0. The molecule has 1 saturated heterocycles. The van der Waals surface area contributed by atoms with E-state index in [1.165, 1.54) is 11.3 Å². The number of anilines is 1. The SMILES string of the molecule is COC1(C)CCCN(Cc2cnc(N)s2)C1. The number of methoxy groups -OCH3 is 1. The molecule has 2 heterocycles. The Morgan fingerprint density at radius 1 is 1.69 bits per heavy atom. The van der Waals surface area contributed by atoms with Gasteiger partial charge in [0.05, 0.1) is 5.60 Å². The molecule has 90 valence electrons. The number of nitrogen functional groups attached to an aromatic ring is 1. The normalized spacial score (nSPS) is 27.1. The number of ether oxygens (including phenoxy) is 1. The van der Waals surface area contributed by atoms with Crippen molar-refractivity contribution in [2.45, 2.75) is 31.9 Å². The number of nitrogens with zero attached hydrogens (tertiary/aromatic N) is 2. The largest absolute Gasteiger partial charge is 0.377 e. The number of aromatic nitrogens is 1. The van der Waals surface area contributed by atoms with Crippen molar-refractivity contribution < 1.29 is 4.74 Å². The molecule has 0 saturated carbocycles. The number of hydrogen-bond acceptors (Lipinski definition) is 5. The molecule has 0 aliphatic carbocycles. The Balaban J connectivity index is 1.95. The molecule has 2 N–H and O–H groups in total. The van der Waals surface area contributed by atoms with Crippen molar-refractivity contribution in [2.75, 3.05) is 25.9 Å². The van der Waals surface area contributed by atoms with Crippen molar-refractivity contribution in [2.24, 2.45) is 0 Å². The predicted molar refractivity (Wildman–Crippen MR) is 66.5 cm³/mol. The van der Waals surface area contributed by atoms with Crippen LogP contribution in [0.2, 0.25) is 0 Å². The van der Waals surface area contributed by atoms with E-state index in [2.05, 4.69) is 16.8 Å². The van der Waals surface area contributed by atoms with E-state index in [1.54, 1.807) is 18.4 Å². The fourth-order valence-electron chi connectivity index (χ4n) is 2.23. The maximum Gasteiger partial charge on any atom is 0.180 e. The van der Waals surface area contributed by atoms with Gasteiger partial charge in [-0.05, 0) is 26.3 Å². The van der Waals surface area contributed by atoms with Gasteiger partial charge in [0, 0.05) is 31.3 Å². The van der Waals surface area contributed by atoms with Gasteiger partial charge in [0.1, 0.15) is 0 Å². The molecule has 0 bridgehead atoms. The van der Waals surface area contributed by atoms with Gasteiger partial charge in [-0.3, -0.25) is 4.90 Å². The van der Waals surface area contributed by atoms with Gasteiger partial charge in [-0.2, -0.15) is 0 Å². The molecule has 0 amide bonds. The molecule has 1 unspecified atom stereocenters. The van der Waals surface area contributed by atoms with Crippen molar-refractivity contribution in [1.29, 1.82) is 0 Å². The second-order valence-electron chi connectivity index (χ2n) is 4.63. The zero-order chi connectivity index (χ0) is 11.6. The topological polar surface area (TPSA) is 51.4 Å². The highest BCUT2D eigenvalue weighted by Gasteiger charge is 2.30. The average molecular weight is 241 g/mol. The number of piperidine rings is 1. The maximum absolute atomic E-state index is 5.63. The van der Waals surface area contributed by atoms with Crippen LogP contribution in [0.5, 0.6) is 0 Å². The summed E-state index contributed by atoms with van der Waals surface area (Å²) in [5, 5.41) is 0.654. The number of rotatable bonds is 3. The Labute approximate surface area is 100 Å². The average Bonchev–Trinajstić information content (AvgIpc) is 2.64. The minimum atomic E-state index is 0.00842. The predicted octanol–water partition coefficient (Wildman–Crippen LogP) is 1.73. The number of nitrogens with two attached hydrogens (primary N) is 1. The first-order valence-corrected chi connectivity index (χ1v) is 6.41. The van der Waals surface area contributed by atoms with Crippen LogP contribution in [-0.4, -0.2) is 35.7 Å². The van der Waals surface area contributed by atoms with Crippen LogP contribution in [0, 0.1) is 0 Å². The van der Waals surface area contributed by atoms with Gasteiger partial charge in [-0.1, -0.05) is 0 Å². The first kappa shape index (κ1) is 11.8. The van der Waals surface area contributed by atoms with Gasteiger partial charge in [0.15, 0.2) is 5.13 Å². The van der Waals surface area contributed by atoms with Crippen LogP contribution >= 0.6 is 11.3 Å². The second kappa shape index (κ2) is 4.69. The molecule has 1 fully saturated rings. The van der Waals surface area contributed by atoms with Gasteiger partial charge in [0.2, 0.25) is 0 Å². The highest BCUT2D eigenvalue weighted by molar-refractivity contribution is 7.15. The zero-order valence-electron chi connectivity index (χ0n) is 9.90. The van der Waals surface area contributed by atoms with E-state index in [0.717, 1.165) is 26.1 Å². The third-order valence-electron chi connectivity index (χ3n) is 3.18.